The highest BCUT2D eigenvalue weighted by atomic mass is 16.5. The zero-order valence-electron chi connectivity index (χ0n) is 12.6. The molecule has 5 heteroatoms. The third kappa shape index (κ3) is 4.19. The van der Waals surface area contributed by atoms with E-state index in [-0.39, 0.29) is 11.7 Å². The van der Waals surface area contributed by atoms with E-state index in [4.69, 9.17) is 14.6 Å². The first-order valence-corrected chi connectivity index (χ1v) is 7.32. The minimum Gasteiger partial charge on any atom is -0.491 e. The molecule has 1 saturated heterocycles. The summed E-state index contributed by atoms with van der Waals surface area (Å²) in [6, 6.07) is 6.73. The number of nitrogens with zero attached hydrogens (tertiary/aromatic N) is 1. The summed E-state index contributed by atoms with van der Waals surface area (Å²) in [4.78, 5) is 13.4. The van der Waals surface area contributed by atoms with Gasteiger partial charge in [0.1, 0.15) is 17.9 Å². The number of aromatic carboxylic acids is 1. The number of methoxy groups -OCH3 is 1. The molecule has 21 heavy (non-hydrogen) atoms. The minimum atomic E-state index is -0.961. The van der Waals surface area contributed by atoms with E-state index in [2.05, 4.69) is 11.8 Å². The molecule has 0 spiro atoms. The number of carbonyl (C=O) groups is 1. The van der Waals surface area contributed by atoms with Gasteiger partial charge in [-0.25, -0.2) is 4.79 Å². The number of para-hydroxylation sites is 1. The van der Waals surface area contributed by atoms with Crippen molar-refractivity contribution in [3.05, 3.63) is 29.8 Å². The molecule has 0 bridgehead atoms. The summed E-state index contributed by atoms with van der Waals surface area (Å²) >= 11 is 0. The van der Waals surface area contributed by atoms with E-state index < -0.39 is 5.97 Å². The first-order chi connectivity index (χ1) is 10.1. The molecule has 1 N–H and O–H groups in total. The van der Waals surface area contributed by atoms with Gasteiger partial charge in [0, 0.05) is 20.2 Å². The topological polar surface area (TPSA) is 59.0 Å². The Kier molecular flexibility index (Phi) is 5.59. The zero-order chi connectivity index (χ0) is 15.2. The summed E-state index contributed by atoms with van der Waals surface area (Å²) in [5.74, 6) is 0.0513. The Balaban J connectivity index is 1.83. The number of ether oxygens (including phenoxy) is 2. The molecule has 0 amide bonds. The highest BCUT2D eigenvalue weighted by Crippen LogP contribution is 2.20. The number of benzene rings is 1. The summed E-state index contributed by atoms with van der Waals surface area (Å²) in [7, 11) is 1.75. The largest absolute Gasteiger partial charge is 0.491 e. The summed E-state index contributed by atoms with van der Waals surface area (Å²) in [6.07, 6.45) is 1.38. The van der Waals surface area contributed by atoms with Crippen LogP contribution in [-0.4, -0.2) is 55.4 Å². The van der Waals surface area contributed by atoms with Crippen molar-refractivity contribution in [1.82, 2.24) is 4.90 Å². The predicted octanol–water partition coefficient (Wildman–Crippen LogP) is 2.12. The highest BCUT2D eigenvalue weighted by molar-refractivity contribution is 5.90. The second-order valence-electron chi connectivity index (χ2n) is 5.49. The molecule has 2 rings (SSSR count). The average Bonchev–Trinajstić information content (AvgIpc) is 2.49. The lowest BCUT2D eigenvalue weighted by molar-refractivity contribution is -0.00791. The van der Waals surface area contributed by atoms with E-state index >= 15 is 0 Å². The smallest absolute Gasteiger partial charge is 0.339 e. The van der Waals surface area contributed by atoms with Crippen molar-refractivity contribution in [2.24, 2.45) is 5.92 Å². The van der Waals surface area contributed by atoms with Crippen molar-refractivity contribution in [3.63, 3.8) is 0 Å². The fourth-order valence-electron chi connectivity index (χ4n) is 2.66. The van der Waals surface area contributed by atoms with E-state index in [0.717, 1.165) is 26.1 Å². The van der Waals surface area contributed by atoms with Crippen LogP contribution in [0.25, 0.3) is 0 Å². The molecule has 1 aliphatic rings. The van der Waals surface area contributed by atoms with Gasteiger partial charge in [-0.1, -0.05) is 19.1 Å². The Morgan fingerprint density at radius 2 is 2.19 bits per heavy atom. The van der Waals surface area contributed by atoms with E-state index in [1.54, 1.807) is 31.4 Å². The van der Waals surface area contributed by atoms with E-state index in [1.165, 1.54) is 0 Å². The van der Waals surface area contributed by atoms with Gasteiger partial charge in [-0.15, -0.1) is 0 Å². The van der Waals surface area contributed by atoms with Crippen LogP contribution < -0.4 is 4.74 Å². The molecule has 2 atom stereocenters. The Hall–Kier alpha value is -1.59. The van der Waals surface area contributed by atoms with Crippen molar-refractivity contribution in [2.45, 2.75) is 19.4 Å². The molecule has 0 aliphatic carbocycles. The highest BCUT2D eigenvalue weighted by Gasteiger charge is 2.25. The summed E-state index contributed by atoms with van der Waals surface area (Å²) in [6.45, 7) is 5.41. The molecular weight excluding hydrogens is 270 g/mol. The fourth-order valence-corrected chi connectivity index (χ4v) is 2.66. The molecule has 1 aliphatic heterocycles. The molecule has 5 nitrogen and oxygen atoms in total. The van der Waals surface area contributed by atoms with E-state index in [9.17, 15) is 4.79 Å². The van der Waals surface area contributed by atoms with Crippen LogP contribution in [0.2, 0.25) is 0 Å². The maximum Gasteiger partial charge on any atom is 0.339 e. The third-order valence-corrected chi connectivity index (χ3v) is 4.06. The van der Waals surface area contributed by atoms with Crippen molar-refractivity contribution >= 4 is 5.97 Å². The monoisotopic (exact) mass is 293 g/mol. The normalized spacial score (nSPS) is 23.0. The Morgan fingerprint density at radius 3 is 2.90 bits per heavy atom. The maximum atomic E-state index is 11.1. The van der Waals surface area contributed by atoms with Gasteiger partial charge in [-0.05, 0) is 31.0 Å². The van der Waals surface area contributed by atoms with Gasteiger partial charge < -0.3 is 14.6 Å². The van der Waals surface area contributed by atoms with Crippen molar-refractivity contribution in [2.75, 3.05) is 33.4 Å². The van der Waals surface area contributed by atoms with E-state index in [1.807, 2.05) is 0 Å². The SMILES string of the molecule is COC1CN(CCOc2ccccc2C(=O)O)CCC1C. The van der Waals surface area contributed by atoms with Gasteiger partial charge in [-0.2, -0.15) is 0 Å². The third-order valence-electron chi connectivity index (χ3n) is 4.06. The fraction of sp³-hybridized carbons (Fsp3) is 0.562. The van der Waals surface area contributed by atoms with E-state index in [0.29, 0.717) is 18.3 Å². The Bertz CT molecular complexity index is 477. The molecule has 1 fully saturated rings. The first kappa shape index (κ1) is 15.8. The molecule has 1 aromatic carbocycles. The van der Waals surface area contributed by atoms with Crippen LogP contribution in [0.1, 0.15) is 23.7 Å². The molecule has 0 radical (unpaired) electrons. The number of rotatable bonds is 6. The Labute approximate surface area is 125 Å². The lowest BCUT2D eigenvalue weighted by Crippen LogP contribution is -2.45. The summed E-state index contributed by atoms with van der Waals surface area (Å²) < 4.78 is 11.1. The van der Waals surface area contributed by atoms with Gasteiger partial charge in [0.05, 0.1) is 6.10 Å². The van der Waals surface area contributed by atoms with Crippen LogP contribution in [0.3, 0.4) is 0 Å². The van der Waals surface area contributed by atoms with Gasteiger partial charge in [0.25, 0.3) is 0 Å². The second-order valence-corrected chi connectivity index (χ2v) is 5.49. The molecule has 0 saturated carbocycles. The first-order valence-electron chi connectivity index (χ1n) is 7.32. The molecule has 2 unspecified atom stereocenters. The lowest BCUT2D eigenvalue weighted by atomic mass is 9.96. The van der Waals surface area contributed by atoms with Gasteiger partial charge in [-0.3, -0.25) is 4.90 Å². The van der Waals surface area contributed by atoms with Crippen LogP contribution >= 0.6 is 0 Å². The number of hydrogen-bond acceptors (Lipinski definition) is 4. The standard InChI is InChI=1S/C16H23NO4/c1-12-7-8-17(11-15(12)20-2)9-10-21-14-6-4-3-5-13(14)16(18)19/h3-6,12,15H,7-11H2,1-2H3,(H,18,19). The number of piperidine rings is 1. The van der Waals surface area contributed by atoms with Crippen LogP contribution in [-0.2, 0) is 4.74 Å². The number of hydrogen-bond donors (Lipinski definition) is 1. The molecule has 1 aromatic rings. The second kappa shape index (κ2) is 7.43. The predicted molar refractivity (Wildman–Crippen MR) is 79.9 cm³/mol. The van der Waals surface area contributed by atoms with Crippen LogP contribution in [0.15, 0.2) is 24.3 Å². The summed E-state index contributed by atoms with van der Waals surface area (Å²) in [5.41, 5.74) is 0.208. The lowest BCUT2D eigenvalue weighted by Gasteiger charge is -2.36. The van der Waals surface area contributed by atoms with Crippen molar-refractivity contribution < 1.29 is 19.4 Å². The van der Waals surface area contributed by atoms with Crippen molar-refractivity contribution in [3.8, 4) is 5.75 Å². The zero-order valence-corrected chi connectivity index (χ0v) is 12.6. The molecule has 116 valence electrons. The number of carboxylic acid groups (broad SMARTS) is 1. The molecular formula is C16H23NO4. The Morgan fingerprint density at radius 1 is 1.43 bits per heavy atom. The van der Waals surface area contributed by atoms with Crippen LogP contribution in [0.5, 0.6) is 5.75 Å². The molecule has 1 heterocycles. The van der Waals surface area contributed by atoms with Gasteiger partial charge >= 0.3 is 5.97 Å². The summed E-state index contributed by atoms with van der Waals surface area (Å²) in [5, 5.41) is 9.10. The molecule has 0 aromatic heterocycles. The van der Waals surface area contributed by atoms with Gasteiger partial charge in [0.15, 0.2) is 0 Å². The average molecular weight is 293 g/mol. The minimum absolute atomic E-state index is 0.208. The number of carboxylic acids is 1. The quantitative estimate of drug-likeness (QED) is 0.870. The van der Waals surface area contributed by atoms with Gasteiger partial charge in [0.2, 0.25) is 0 Å². The number of likely N-dealkylation sites (tertiary alicyclic amines) is 1. The van der Waals surface area contributed by atoms with Crippen LogP contribution in [0.4, 0.5) is 0 Å². The van der Waals surface area contributed by atoms with Crippen molar-refractivity contribution in [1.29, 1.82) is 0 Å². The van der Waals surface area contributed by atoms with Crippen LogP contribution in [0, 0.1) is 5.92 Å². The maximum absolute atomic E-state index is 11.1.